The standard InChI is InChI=1S/C13H17N3O2S/c17-19(18)6-4-11(10-19)7-14-8-12-9-15-16-5-2-1-3-13(12)16/h1-3,5,9,11,14H,4,6-8,10H2. The van der Waals surface area contributed by atoms with Gasteiger partial charge in [-0.3, -0.25) is 0 Å². The number of rotatable bonds is 4. The van der Waals surface area contributed by atoms with Gasteiger partial charge in [-0.05, 0) is 31.0 Å². The Morgan fingerprint density at radius 2 is 2.32 bits per heavy atom. The predicted octanol–water partition coefficient (Wildman–Crippen LogP) is 0.859. The van der Waals surface area contributed by atoms with Gasteiger partial charge in [0, 0.05) is 18.3 Å². The molecule has 1 saturated heterocycles. The molecule has 1 N–H and O–H groups in total. The zero-order valence-corrected chi connectivity index (χ0v) is 11.4. The van der Waals surface area contributed by atoms with Gasteiger partial charge in [-0.15, -0.1) is 0 Å². The van der Waals surface area contributed by atoms with Gasteiger partial charge in [0.15, 0.2) is 9.84 Å². The summed E-state index contributed by atoms with van der Waals surface area (Å²) in [7, 11) is -2.77. The molecule has 1 aliphatic rings. The lowest BCUT2D eigenvalue weighted by molar-refractivity contribution is 0.521. The number of hydrogen-bond acceptors (Lipinski definition) is 4. The van der Waals surface area contributed by atoms with Gasteiger partial charge in [-0.2, -0.15) is 5.10 Å². The topological polar surface area (TPSA) is 63.5 Å². The Kier molecular flexibility index (Phi) is 3.28. The Hall–Kier alpha value is -1.40. The molecule has 1 fully saturated rings. The Balaban J connectivity index is 1.58. The first-order valence-electron chi connectivity index (χ1n) is 6.46. The van der Waals surface area contributed by atoms with Gasteiger partial charge in [0.2, 0.25) is 0 Å². The Labute approximate surface area is 112 Å². The quantitative estimate of drug-likeness (QED) is 0.901. The van der Waals surface area contributed by atoms with E-state index in [4.69, 9.17) is 0 Å². The van der Waals surface area contributed by atoms with E-state index in [1.807, 2.05) is 35.1 Å². The van der Waals surface area contributed by atoms with E-state index in [-0.39, 0.29) is 5.92 Å². The van der Waals surface area contributed by atoms with Crippen LogP contribution in [0, 0.1) is 5.92 Å². The van der Waals surface area contributed by atoms with Crippen molar-refractivity contribution in [3.05, 3.63) is 36.2 Å². The number of nitrogens with one attached hydrogen (secondary N) is 1. The van der Waals surface area contributed by atoms with Gasteiger partial charge in [0.1, 0.15) is 0 Å². The van der Waals surface area contributed by atoms with Gasteiger partial charge in [-0.25, -0.2) is 12.9 Å². The summed E-state index contributed by atoms with van der Waals surface area (Å²) in [4.78, 5) is 0. The van der Waals surface area contributed by atoms with Crippen molar-refractivity contribution in [3.8, 4) is 0 Å². The van der Waals surface area contributed by atoms with Crippen LogP contribution < -0.4 is 5.32 Å². The molecule has 0 radical (unpaired) electrons. The lowest BCUT2D eigenvalue weighted by Gasteiger charge is -2.08. The minimum atomic E-state index is -2.77. The third-order valence-electron chi connectivity index (χ3n) is 3.58. The molecule has 0 aliphatic carbocycles. The van der Waals surface area contributed by atoms with Crippen molar-refractivity contribution in [1.29, 1.82) is 0 Å². The molecule has 0 amide bonds. The molecule has 2 aromatic heterocycles. The van der Waals surface area contributed by atoms with Gasteiger partial charge >= 0.3 is 0 Å². The number of nitrogens with zero attached hydrogens (tertiary/aromatic N) is 2. The van der Waals surface area contributed by atoms with E-state index in [1.54, 1.807) is 0 Å². The molecule has 6 heteroatoms. The maximum absolute atomic E-state index is 11.4. The molecule has 3 heterocycles. The van der Waals surface area contributed by atoms with Crippen LogP contribution >= 0.6 is 0 Å². The van der Waals surface area contributed by atoms with E-state index in [2.05, 4.69) is 10.4 Å². The molecule has 0 saturated carbocycles. The maximum atomic E-state index is 11.4. The summed E-state index contributed by atoms with van der Waals surface area (Å²) >= 11 is 0. The summed E-state index contributed by atoms with van der Waals surface area (Å²) in [5.74, 6) is 0.928. The van der Waals surface area contributed by atoms with Crippen LogP contribution in [0.5, 0.6) is 0 Å². The monoisotopic (exact) mass is 279 g/mol. The third-order valence-corrected chi connectivity index (χ3v) is 5.42. The molecule has 102 valence electrons. The van der Waals surface area contributed by atoms with E-state index in [0.717, 1.165) is 30.6 Å². The average Bonchev–Trinajstić information content (AvgIpc) is 2.94. The van der Waals surface area contributed by atoms with Crippen LogP contribution in [0.3, 0.4) is 0 Å². The second-order valence-corrected chi connectivity index (χ2v) is 7.33. The van der Waals surface area contributed by atoms with Crippen LogP contribution in [0.4, 0.5) is 0 Å². The first-order valence-corrected chi connectivity index (χ1v) is 8.28. The fraction of sp³-hybridized carbons (Fsp3) is 0.462. The predicted molar refractivity (Wildman–Crippen MR) is 73.7 cm³/mol. The molecule has 0 bridgehead atoms. The summed E-state index contributed by atoms with van der Waals surface area (Å²) in [6, 6.07) is 5.97. The summed E-state index contributed by atoms with van der Waals surface area (Å²) in [6.07, 6.45) is 4.56. The summed E-state index contributed by atoms with van der Waals surface area (Å²) in [6.45, 7) is 1.48. The van der Waals surface area contributed by atoms with Crippen molar-refractivity contribution in [2.24, 2.45) is 5.92 Å². The van der Waals surface area contributed by atoms with Crippen LogP contribution in [0.15, 0.2) is 30.6 Å². The zero-order chi connectivity index (χ0) is 13.3. The average molecular weight is 279 g/mol. The summed E-state index contributed by atoms with van der Waals surface area (Å²) in [5, 5.41) is 7.61. The van der Waals surface area contributed by atoms with Crippen LogP contribution in [-0.2, 0) is 16.4 Å². The molecular weight excluding hydrogens is 262 g/mol. The van der Waals surface area contributed by atoms with Gasteiger partial charge in [0.05, 0.1) is 23.2 Å². The fourth-order valence-corrected chi connectivity index (χ4v) is 4.43. The third kappa shape index (κ3) is 2.79. The second-order valence-electron chi connectivity index (χ2n) is 5.10. The lowest BCUT2D eigenvalue weighted by Crippen LogP contribution is -2.23. The largest absolute Gasteiger partial charge is 0.312 e. The SMILES string of the molecule is O=S1(=O)CCC(CNCc2cnn3ccccc23)C1. The minimum absolute atomic E-state index is 0.256. The maximum Gasteiger partial charge on any atom is 0.150 e. The first-order chi connectivity index (χ1) is 9.14. The van der Waals surface area contributed by atoms with Crippen LogP contribution in [-0.4, -0.2) is 36.1 Å². The van der Waals surface area contributed by atoms with E-state index in [0.29, 0.717) is 11.5 Å². The van der Waals surface area contributed by atoms with Crippen molar-refractivity contribution < 1.29 is 8.42 Å². The smallest absolute Gasteiger partial charge is 0.150 e. The molecule has 1 unspecified atom stereocenters. The molecule has 1 aliphatic heterocycles. The first kappa shape index (κ1) is 12.6. The van der Waals surface area contributed by atoms with Crippen molar-refractivity contribution >= 4 is 15.4 Å². The number of sulfone groups is 1. The molecule has 5 nitrogen and oxygen atoms in total. The van der Waals surface area contributed by atoms with Gasteiger partial charge in [0.25, 0.3) is 0 Å². The van der Waals surface area contributed by atoms with Crippen molar-refractivity contribution in [3.63, 3.8) is 0 Å². The molecule has 19 heavy (non-hydrogen) atoms. The molecular formula is C13H17N3O2S. The highest BCUT2D eigenvalue weighted by Gasteiger charge is 2.27. The van der Waals surface area contributed by atoms with E-state index in [1.165, 1.54) is 0 Å². The van der Waals surface area contributed by atoms with Crippen LogP contribution in [0.25, 0.3) is 5.52 Å². The van der Waals surface area contributed by atoms with E-state index < -0.39 is 9.84 Å². The molecule has 3 rings (SSSR count). The summed E-state index contributed by atoms with van der Waals surface area (Å²) < 4.78 is 24.6. The Morgan fingerprint density at radius 1 is 1.42 bits per heavy atom. The van der Waals surface area contributed by atoms with E-state index in [9.17, 15) is 8.42 Å². The van der Waals surface area contributed by atoms with Gasteiger partial charge in [-0.1, -0.05) is 6.07 Å². The summed E-state index contributed by atoms with van der Waals surface area (Å²) in [5.41, 5.74) is 2.23. The van der Waals surface area contributed by atoms with Crippen molar-refractivity contribution in [1.82, 2.24) is 14.9 Å². The Morgan fingerprint density at radius 3 is 3.11 bits per heavy atom. The fourth-order valence-electron chi connectivity index (χ4n) is 2.57. The highest BCUT2D eigenvalue weighted by Crippen LogP contribution is 2.17. The highest BCUT2D eigenvalue weighted by molar-refractivity contribution is 7.91. The van der Waals surface area contributed by atoms with E-state index >= 15 is 0 Å². The molecule has 0 spiro atoms. The molecule has 1 atom stereocenters. The van der Waals surface area contributed by atoms with Crippen LogP contribution in [0.2, 0.25) is 0 Å². The number of fused-ring (bicyclic) bond motifs is 1. The molecule has 2 aromatic rings. The van der Waals surface area contributed by atoms with Crippen molar-refractivity contribution in [2.45, 2.75) is 13.0 Å². The number of aromatic nitrogens is 2. The number of pyridine rings is 1. The molecule has 0 aromatic carbocycles. The Bertz CT molecular complexity index is 678. The normalized spacial score (nSPS) is 22.0. The second kappa shape index (κ2) is 4.94. The van der Waals surface area contributed by atoms with Gasteiger partial charge < -0.3 is 5.32 Å². The van der Waals surface area contributed by atoms with Crippen LogP contribution in [0.1, 0.15) is 12.0 Å². The van der Waals surface area contributed by atoms with Crippen molar-refractivity contribution in [2.75, 3.05) is 18.1 Å². The number of hydrogen-bond donors (Lipinski definition) is 1. The highest BCUT2D eigenvalue weighted by atomic mass is 32.2. The lowest BCUT2D eigenvalue weighted by atomic mass is 10.1. The minimum Gasteiger partial charge on any atom is -0.312 e. The zero-order valence-electron chi connectivity index (χ0n) is 10.6.